The quantitative estimate of drug-likeness (QED) is 0.722. The molecule has 0 saturated heterocycles. The Balaban J connectivity index is 2.13. The van der Waals surface area contributed by atoms with Gasteiger partial charge in [-0.05, 0) is 31.0 Å². The van der Waals surface area contributed by atoms with Crippen molar-refractivity contribution in [3.8, 4) is 17.3 Å². The Morgan fingerprint density at radius 1 is 1.08 bits per heavy atom. The van der Waals surface area contributed by atoms with Crippen molar-refractivity contribution < 1.29 is 9.90 Å². The third-order valence-corrected chi connectivity index (χ3v) is 3.73. The highest BCUT2D eigenvalue weighted by Gasteiger charge is 2.12. The van der Waals surface area contributed by atoms with Crippen LogP contribution < -0.4 is 0 Å². The third-order valence-electron chi connectivity index (χ3n) is 3.73. The zero-order valence-electron chi connectivity index (χ0n) is 12.9. The van der Waals surface area contributed by atoms with E-state index in [-0.39, 0.29) is 5.56 Å². The molecule has 0 atom stereocenters. The van der Waals surface area contributed by atoms with Crippen molar-refractivity contribution in [2.75, 3.05) is 0 Å². The van der Waals surface area contributed by atoms with Gasteiger partial charge in [0, 0.05) is 12.0 Å². The van der Waals surface area contributed by atoms with Gasteiger partial charge in [0.05, 0.1) is 34.1 Å². The van der Waals surface area contributed by atoms with Gasteiger partial charge in [0.15, 0.2) is 0 Å². The van der Waals surface area contributed by atoms with Crippen molar-refractivity contribution in [1.82, 2.24) is 9.97 Å². The van der Waals surface area contributed by atoms with Crippen LogP contribution in [0.15, 0.2) is 48.5 Å². The summed E-state index contributed by atoms with van der Waals surface area (Å²) in [6.07, 6.45) is 1.76. The summed E-state index contributed by atoms with van der Waals surface area (Å²) in [6.45, 7) is 0. The predicted octanol–water partition coefficient (Wildman–Crippen LogP) is 3.84. The zero-order chi connectivity index (χ0) is 16.9. The molecule has 5 nitrogen and oxygen atoms in total. The van der Waals surface area contributed by atoms with E-state index in [1.807, 2.05) is 30.3 Å². The highest BCUT2D eigenvalue weighted by atomic mass is 16.4. The number of aryl methyl sites for hydroxylation is 1. The summed E-state index contributed by atoms with van der Waals surface area (Å²) in [4.78, 5) is 20.5. The van der Waals surface area contributed by atoms with Crippen LogP contribution in [0, 0.1) is 11.3 Å². The molecule has 24 heavy (non-hydrogen) atoms. The molecule has 0 radical (unpaired) electrons. The molecule has 3 rings (SSSR count). The van der Waals surface area contributed by atoms with Crippen LogP contribution >= 0.6 is 0 Å². The van der Waals surface area contributed by atoms with Crippen LogP contribution in [0.3, 0.4) is 0 Å². The van der Waals surface area contributed by atoms with Gasteiger partial charge in [-0.15, -0.1) is 0 Å². The van der Waals surface area contributed by atoms with Crippen molar-refractivity contribution in [2.45, 2.75) is 19.3 Å². The lowest BCUT2D eigenvalue weighted by Gasteiger charge is -2.10. The molecular weight excluding hydrogens is 302 g/mol. The van der Waals surface area contributed by atoms with Crippen LogP contribution in [-0.4, -0.2) is 21.0 Å². The number of rotatable bonds is 5. The minimum absolute atomic E-state index is 0.187. The summed E-state index contributed by atoms with van der Waals surface area (Å²) in [5, 5.41) is 17.9. The van der Waals surface area contributed by atoms with E-state index in [0.29, 0.717) is 30.3 Å². The molecule has 3 aromatic rings. The van der Waals surface area contributed by atoms with Crippen LogP contribution in [0.1, 0.15) is 28.9 Å². The normalized spacial score (nSPS) is 10.5. The number of hydrogen-bond acceptors (Lipinski definition) is 4. The molecule has 5 heteroatoms. The number of hydrogen-bond donors (Lipinski definition) is 1. The molecule has 0 spiro atoms. The first-order valence-corrected chi connectivity index (χ1v) is 7.65. The van der Waals surface area contributed by atoms with E-state index in [1.54, 1.807) is 6.07 Å². The first kappa shape index (κ1) is 15.6. The molecule has 0 aliphatic rings. The number of benzene rings is 2. The van der Waals surface area contributed by atoms with Gasteiger partial charge in [-0.2, -0.15) is 5.26 Å². The Kier molecular flexibility index (Phi) is 4.48. The third kappa shape index (κ3) is 3.23. The molecule has 0 unspecified atom stereocenters. The number of aromatic carboxylic acids is 1. The van der Waals surface area contributed by atoms with Gasteiger partial charge >= 0.3 is 5.97 Å². The number of nitriles is 1. The average Bonchev–Trinajstić information content (AvgIpc) is 2.61. The largest absolute Gasteiger partial charge is 0.478 e. The Bertz CT molecular complexity index is 930. The predicted molar refractivity (Wildman–Crippen MR) is 90.5 cm³/mol. The maximum Gasteiger partial charge on any atom is 0.335 e. The topological polar surface area (TPSA) is 86.9 Å². The maximum absolute atomic E-state index is 11.1. The van der Waals surface area contributed by atoms with Crippen molar-refractivity contribution in [2.24, 2.45) is 0 Å². The fourth-order valence-corrected chi connectivity index (χ4v) is 2.56. The van der Waals surface area contributed by atoms with E-state index < -0.39 is 5.97 Å². The Labute approximate surface area is 139 Å². The van der Waals surface area contributed by atoms with Crippen molar-refractivity contribution in [3.63, 3.8) is 0 Å². The molecule has 0 aliphatic heterocycles. The van der Waals surface area contributed by atoms with Crippen LogP contribution in [-0.2, 0) is 6.42 Å². The lowest BCUT2D eigenvalue weighted by Crippen LogP contribution is -2.01. The summed E-state index contributed by atoms with van der Waals surface area (Å²) >= 11 is 0. The molecule has 2 aromatic carbocycles. The summed E-state index contributed by atoms with van der Waals surface area (Å²) in [6, 6.07) is 16.6. The van der Waals surface area contributed by atoms with Crippen molar-refractivity contribution in [1.29, 1.82) is 5.26 Å². The average molecular weight is 317 g/mol. The second-order valence-electron chi connectivity index (χ2n) is 5.41. The number of unbranched alkanes of at least 4 members (excludes halogenated alkanes) is 1. The van der Waals surface area contributed by atoms with E-state index >= 15 is 0 Å². The van der Waals surface area contributed by atoms with Gasteiger partial charge in [0.1, 0.15) is 0 Å². The van der Waals surface area contributed by atoms with Gasteiger partial charge in [-0.1, -0.05) is 30.3 Å². The summed E-state index contributed by atoms with van der Waals surface area (Å²) in [7, 11) is 0. The monoisotopic (exact) mass is 317 g/mol. The summed E-state index contributed by atoms with van der Waals surface area (Å²) in [5.74, 6) is -0.989. The standard InChI is InChI=1S/C19H15N3O2/c20-11-5-4-8-16-18(13-6-2-1-3-7-13)22-15-10-9-14(19(23)24)12-17(15)21-16/h1-3,6-7,9-10,12H,4-5,8H2,(H,23,24). The first-order valence-electron chi connectivity index (χ1n) is 7.65. The molecule has 118 valence electrons. The molecular formula is C19H15N3O2. The molecule has 0 fully saturated rings. The number of carbonyl (C=O) groups is 1. The van der Waals surface area contributed by atoms with E-state index in [4.69, 9.17) is 10.4 Å². The minimum atomic E-state index is -0.989. The van der Waals surface area contributed by atoms with Crippen molar-refractivity contribution >= 4 is 17.0 Å². The molecule has 1 N–H and O–H groups in total. The van der Waals surface area contributed by atoms with E-state index in [1.165, 1.54) is 12.1 Å². The van der Waals surface area contributed by atoms with Crippen LogP contribution in [0.25, 0.3) is 22.3 Å². The van der Waals surface area contributed by atoms with E-state index in [9.17, 15) is 4.79 Å². The Hall–Kier alpha value is -3.26. The molecule has 0 amide bonds. The number of carboxylic acids is 1. The zero-order valence-corrected chi connectivity index (χ0v) is 12.9. The van der Waals surface area contributed by atoms with E-state index in [0.717, 1.165) is 17.0 Å². The second-order valence-corrected chi connectivity index (χ2v) is 5.41. The first-order chi connectivity index (χ1) is 11.7. The highest BCUT2D eigenvalue weighted by Crippen LogP contribution is 2.25. The highest BCUT2D eigenvalue weighted by molar-refractivity contribution is 5.92. The lowest BCUT2D eigenvalue weighted by atomic mass is 10.0. The summed E-state index contributed by atoms with van der Waals surface area (Å²) < 4.78 is 0. The Morgan fingerprint density at radius 3 is 2.58 bits per heavy atom. The number of fused-ring (bicyclic) bond motifs is 1. The summed E-state index contributed by atoms with van der Waals surface area (Å²) in [5.41, 5.74) is 3.92. The fourth-order valence-electron chi connectivity index (χ4n) is 2.56. The number of aromatic nitrogens is 2. The van der Waals surface area contributed by atoms with Gasteiger partial charge in [0.25, 0.3) is 0 Å². The van der Waals surface area contributed by atoms with E-state index in [2.05, 4.69) is 16.0 Å². The Morgan fingerprint density at radius 2 is 1.88 bits per heavy atom. The number of nitrogens with zero attached hydrogens (tertiary/aromatic N) is 3. The smallest absolute Gasteiger partial charge is 0.335 e. The molecule has 0 aliphatic carbocycles. The van der Waals surface area contributed by atoms with Crippen LogP contribution in [0.5, 0.6) is 0 Å². The second kappa shape index (κ2) is 6.88. The molecule has 0 bridgehead atoms. The lowest BCUT2D eigenvalue weighted by molar-refractivity contribution is 0.0697. The van der Waals surface area contributed by atoms with Crippen molar-refractivity contribution in [3.05, 3.63) is 59.8 Å². The van der Waals surface area contributed by atoms with Crippen LogP contribution in [0.4, 0.5) is 0 Å². The van der Waals surface area contributed by atoms with Crippen LogP contribution in [0.2, 0.25) is 0 Å². The fraction of sp³-hybridized carbons (Fsp3) is 0.158. The molecule has 0 saturated carbocycles. The minimum Gasteiger partial charge on any atom is -0.478 e. The van der Waals surface area contributed by atoms with Gasteiger partial charge < -0.3 is 5.11 Å². The van der Waals surface area contributed by atoms with Gasteiger partial charge in [0.2, 0.25) is 0 Å². The number of carboxylic acid groups (broad SMARTS) is 1. The maximum atomic E-state index is 11.1. The molecule has 1 heterocycles. The van der Waals surface area contributed by atoms with Gasteiger partial charge in [-0.3, -0.25) is 0 Å². The van der Waals surface area contributed by atoms with Gasteiger partial charge in [-0.25, -0.2) is 14.8 Å². The molecule has 1 aromatic heterocycles. The SMILES string of the molecule is N#CCCCc1nc2cc(C(=O)O)ccc2nc1-c1ccccc1.